The van der Waals surface area contributed by atoms with Gasteiger partial charge in [-0.3, -0.25) is 18.9 Å². The fourth-order valence-corrected chi connectivity index (χ4v) is 7.46. The Hall–Kier alpha value is -2.24. The highest BCUT2D eigenvalue weighted by Crippen LogP contribution is 2.37. The quantitative estimate of drug-likeness (QED) is 0.406. The molecule has 4 heterocycles. The van der Waals surface area contributed by atoms with Gasteiger partial charge in [0.25, 0.3) is 11.5 Å². The number of sulfone groups is 1. The van der Waals surface area contributed by atoms with Crippen LogP contribution >= 0.6 is 24.0 Å². The van der Waals surface area contributed by atoms with Crippen LogP contribution in [0.3, 0.4) is 0 Å². The lowest BCUT2D eigenvalue weighted by Gasteiger charge is -2.24. The van der Waals surface area contributed by atoms with Crippen molar-refractivity contribution in [3.8, 4) is 0 Å². The minimum absolute atomic E-state index is 0.0518. The van der Waals surface area contributed by atoms with Gasteiger partial charge in [0, 0.05) is 19.3 Å². The van der Waals surface area contributed by atoms with E-state index in [2.05, 4.69) is 18.7 Å². The molecule has 2 saturated heterocycles. The number of aromatic nitrogens is 2. The van der Waals surface area contributed by atoms with Crippen LogP contribution in [0.25, 0.3) is 11.7 Å². The largest absolute Gasteiger partial charge is 0.356 e. The zero-order valence-corrected chi connectivity index (χ0v) is 21.9. The van der Waals surface area contributed by atoms with Gasteiger partial charge in [0.15, 0.2) is 9.84 Å². The van der Waals surface area contributed by atoms with Crippen molar-refractivity contribution in [1.29, 1.82) is 0 Å². The molecule has 2 aliphatic rings. The summed E-state index contributed by atoms with van der Waals surface area (Å²) in [4.78, 5) is 35.5. The fourth-order valence-electron chi connectivity index (χ4n) is 4.38. The highest BCUT2D eigenvalue weighted by atomic mass is 32.2. The van der Waals surface area contributed by atoms with Crippen molar-refractivity contribution in [2.24, 2.45) is 0 Å². The smallest absolute Gasteiger partial charge is 0.267 e. The second kappa shape index (κ2) is 9.79. The average Bonchev–Trinajstić information content (AvgIpc) is 3.27. The number of nitrogens with zero attached hydrogens (tertiary/aromatic N) is 4. The number of aryl methyl sites for hydroxylation is 1. The van der Waals surface area contributed by atoms with Gasteiger partial charge in [0.05, 0.1) is 28.0 Å². The number of thioether (sulfide) groups is 1. The molecule has 4 rings (SSSR count). The summed E-state index contributed by atoms with van der Waals surface area (Å²) in [5.41, 5.74) is 1.55. The van der Waals surface area contributed by atoms with Gasteiger partial charge in [-0.05, 0) is 43.9 Å². The van der Waals surface area contributed by atoms with Crippen molar-refractivity contribution < 1.29 is 13.2 Å². The highest BCUT2D eigenvalue weighted by Gasteiger charge is 2.42. The standard InChI is InChI=1S/C23H28N4O4S3/c1-4-9-25(10-5-2)20-17(21(28)26-13-15(3)6-7-19(26)24-20)12-18-22(29)27(23(32)33-18)16-8-11-34(30,31)14-16/h6-7,12-13,16H,4-5,8-11,14H2,1-3H3/b18-12-. The number of pyridine rings is 1. The summed E-state index contributed by atoms with van der Waals surface area (Å²) in [6, 6.07) is 3.27. The van der Waals surface area contributed by atoms with E-state index in [-0.39, 0.29) is 23.0 Å². The van der Waals surface area contributed by atoms with Crippen LogP contribution in [-0.4, -0.2) is 63.6 Å². The number of hydrogen-bond donors (Lipinski definition) is 0. The third-order valence-electron chi connectivity index (χ3n) is 5.94. The molecule has 2 aromatic rings. The van der Waals surface area contributed by atoms with Crippen molar-refractivity contribution in [1.82, 2.24) is 14.3 Å². The van der Waals surface area contributed by atoms with E-state index in [1.165, 1.54) is 9.30 Å². The Labute approximate surface area is 209 Å². The fraction of sp³-hybridized carbons (Fsp3) is 0.478. The molecule has 0 aromatic carbocycles. The number of rotatable bonds is 7. The predicted octanol–water partition coefficient (Wildman–Crippen LogP) is 3.02. The molecule has 0 N–H and O–H groups in total. The lowest BCUT2D eigenvalue weighted by atomic mass is 10.2. The molecule has 0 aliphatic carbocycles. The summed E-state index contributed by atoms with van der Waals surface area (Å²) in [7, 11) is -3.17. The molecule has 182 valence electrons. The van der Waals surface area contributed by atoms with Crippen molar-refractivity contribution in [2.75, 3.05) is 29.5 Å². The summed E-state index contributed by atoms with van der Waals surface area (Å²) < 4.78 is 25.8. The molecule has 8 nitrogen and oxygen atoms in total. The van der Waals surface area contributed by atoms with Crippen LogP contribution in [0.4, 0.5) is 5.82 Å². The van der Waals surface area contributed by atoms with Crippen LogP contribution in [0.5, 0.6) is 0 Å². The molecular weight excluding hydrogens is 492 g/mol. The van der Waals surface area contributed by atoms with Gasteiger partial charge in [-0.2, -0.15) is 0 Å². The van der Waals surface area contributed by atoms with E-state index in [0.29, 0.717) is 32.7 Å². The SMILES string of the molecule is CCCN(CCC)c1nc2ccc(C)cn2c(=O)c1/C=C1\SC(=S)N(C2CCS(=O)(=O)C2)C1=O. The lowest BCUT2D eigenvalue weighted by Crippen LogP contribution is -2.39. The summed E-state index contributed by atoms with van der Waals surface area (Å²) in [5.74, 6) is 0.162. The van der Waals surface area contributed by atoms with Crippen LogP contribution in [0, 0.1) is 6.92 Å². The van der Waals surface area contributed by atoms with Crippen LogP contribution in [0.1, 0.15) is 44.2 Å². The number of amides is 1. The lowest BCUT2D eigenvalue weighted by molar-refractivity contribution is -0.123. The molecule has 2 aliphatic heterocycles. The average molecular weight is 521 g/mol. The first-order chi connectivity index (χ1) is 16.1. The number of thiocarbonyl (C=S) groups is 1. The summed E-state index contributed by atoms with van der Waals surface area (Å²) in [6.45, 7) is 7.50. The Kier molecular flexibility index (Phi) is 7.16. The van der Waals surface area contributed by atoms with Gasteiger partial charge in [-0.25, -0.2) is 13.4 Å². The second-order valence-corrected chi connectivity index (χ2v) is 12.6. The maximum atomic E-state index is 13.6. The third-order valence-corrected chi connectivity index (χ3v) is 9.03. The predicted molar refractivity (Wildman–Crippen MR) is 141 cm³/mol. The van der Waals surface area contributed by atoms with Crippen LogP contribution in [-0.2, 0) is 14.6 Å². The molecule has 34 heavy (non-hydrogen) atoms. The van der Waals surface area contributed by atoms with Crippen LogP contribution < -0.4 is 10.5 Å². The minimum Gasteiger partial charge on any atom is -0.356 e. The molecule has 1 atom stereocenters. The van der Waals surface area contributed by atoms with Crippen molar-refractivity contribution in [2.45, 2.75) is 46.1 Å². The topological polar surface area (TPSA) is 92.1 Å². The van der Waals surface area contributed by atoms with Gasteiger partial charge in [-0.15, -0.1) is 0 Å². The molecule has 0 saturated carbocycles. The van der Waals surface area contributed by atoms with Crippen molar-refractivity contribution >= 4 is 61.6 Å². The van der Waals surface area contributed by atoms with Crippen LogP contribution in [0.2, 0.25) is 0 Å². The minimum atomic E-state index is -3.17. The highest BCUT2D eigenvalue weighted by molar-refractivity contribution is 8.26. The van der Waals surface area contributed by atoms with E-state index in [4.69, 9.17) is 17.2 Å². The Morgan fingerprint density at radius 2 is 1.94 bits per heavy atom. The summed E-state index contributed by atoms with van der Waals surface area (Å²) in [6.07, 6.45) is 5.46. The monoisotopic (exact) mass is 520 g/mol. The molecule has 0 radical (unpaired) electrons. The number of fused-ring (bicyclic) bond motifs is 1. The van der Waals surface area contributed by atoms with E-state index in [0.717, 1.165) is 43.3 Å². The number of hydrogen-bond acceptors (Lipinski definition) is 8. The Balaban J connectivity index is 1.83. The van der Waals surface area contributed by atoms with E-state index in [1.54, 1.807) is 12.3 Å². The first kappa shape index (κ1) is 24.9. The molecule has 1 amide bonds. The summed E-state index contributed by atoms with van der Waals surface area (Å²) in [5, 5.41) is 0. The van der Waals surface area contributed by atoms with E-state index in [1.807, 2.05) is 19.1 Å². The van der Waals surface area contributed by atoms with E-state index < -0.39 is 15.9 Å². The van der Waals surface area contributed by atoms with Crippen molar-refractivity contribution in [3.05, 3.63) is 44.7 Å². The summed E-state index contributed by atoms with van der Waals surface area (Å²) >= 11 is 6.55. The molecular formula is C23H28N4O4S3. The van der Waals surface area contributed by atoms with Gasteiger partial charge < -0.3 is 4.90 Å². The first-order valence-electron chi connectivity index (χ1n) is 11.4. The Bertz CT molecular complexity index is 1340. The number of carbonyl (C=O) groups is 1. The normalized spacial score (nSPS) is 21.2. The van der Waals surface area contributed by atoms with Gasteiger partial charge in [0.1, 0.15) is 15.8 Å². The Morgan fingerprint density at radius 1 is 1.24 bits per heavy atom. The molecule has 2 fully saturated rings. The molecule has 0 bridgehead atoms. The van der Waals surface area contributed by atoms with Gasteiger partial charge in [0.2, 0.25) is 0 Å². The molecule has 2 aromatic heterocycles. The number of anilines is 1. The zero-order chi connectivity index (χ0) is 24.6. The first-order valence-corrected chi connectivity index (χ1v) is 14.4. The molecule has 11 heteroatoms. The molecule has 1 unspecified atom stereocenters. The third kappa shape index (κ3) is 4.78. The Morgan fingerprint density at radius 3 is 2.56 bits per heavy atom. The van der Waals surface area contributed by atoms with Gasteiger partial charge in [-0.1, -0.05) is 43.9 Å². The van der Waals surface area contributed by atoms with Crippen molar-refractivity contribution in [3.63, 3.8) is 0 Å². The van der Waals surface area contributed by atoms with Crippen LogP contribution in [0.15, 0.2) is 28.0 Å². The van der Waals surface area contributed by atoms with E-state index >= 15 is 0 Å². The van der Waals surface area contributed by atoms with E-state index in [9.17, 15) is 18.0 Å². The second-order valence-electron chi connectivity index (χ2n) is 8.68. The zero-order valence-electron chi connectivity index (χ0n) is 19.5. The molecule has 0 spiro atoms. The maximum Gasteiger partial charge on any atom is 0.267 e. The maximum absolute atomic E-state index is 13.6. The van der Waals surface area contributed by atoms with Gasteiger partial charge >= 0.3 is 0 Å². The number of carbonyl (C=O) groups excluding carboxylic acids is 1.